The minimum absolute atomic E-state index is 0.0298. The summed E-state index contributed by atoms with van der Waals surface area (Å²) in [5.74, 6) is 1.51. The summed E-state index contributed by atoms with van der Waals surface area (Å²) in [6.07, 6.45) is 1.79. The Morgan fingerprint density at radius 2 is 2.04 bits per heavy atom. The first-order chi connectivity index (χ1) is 11.1. The molecule has 23 heavy (non-hydrogen) atoms. The highest BCUT2D eigenvalue weighted by Gasteiger charge is 2.39. The van der Waals surface area contributed by atoms with Crippen LogP contribution < -0.4 is 4.90 Å². The van der Waals surface area contributed by atoms with Gasteiger partial charge < -0.3 is 10.0 Å². The van der Waals surface area contributed by atoms with Crippen LogP contribution in [0.25, 0.3) is 10.9 Å². The van der Waals surface area contributed by atoms with Gasteiger partial charge in [-0.1, -0.05) is 32.0 Å². The average molecular weight is 332 g/mol. The number of anilines is 1. The zero-order valence-electron chi connectivity index (χ0n) is 13.8. The second-order valence-corrected chi connectivity index (χ2v) is 8.15. The van der Waals surface area contributed by atoms with Gasteiger partial charge >= 0.3 is 0 Å². The molecule has 2 heterocycles. The highest BCUT2D eigenvalue weighted by atomic mass is 32.2. The van der Waals surface area contributed by atoms with Crippen LogP contribution in [0.1, 0.15) is 32.3 Å². The van der Waals surface area contributed by atoms with Crippen molar-refractivity contribution in [2.24, 2.45) is 0 Å². The number of para-hydroxylation sites is 1. The van der Waals surface area contributed by atoms with E-state index in [0.717, 1.165) is 48.2 Å². The van der Waals surface area contributed by atoms with Gasteiger partial charge in [0, 0.05) is 40.6 Å². The van der Waals surface area contributed by atoms with Crippen molar-refractivity contribution in [2.75, 3.05) is 23.7 Å². The van der Waals surface area contributed by atoms with E-state index in [9.17, 15) is 9.32 Å². The van der Waals surface area contributed by atoms with Crippen LogP contribution in [0, 0.1) is 0 Å². The first kappa shape index (κ1) is 16.4. The Balaban J connectivity index is 2.03. The minimum atomic E-state index is -0.799. The van der Waals surface area contributed by atoms with E-state index < -0.39 is 10.8 Å². The number of aliphatic hydroxyl groups is 1. The lowest BCUT2D eigenvalue weighted by Crippen LogP contribution is -2.53. The quantitative estimate of drug-likeness (QED) is 0.935. The Bertz CT molecular complexity index is 728. The van der Waals surface area contributed by atoms with E-state index in [-0.39, 0.29) is 11.4 Å². The van der Waals surface area contributed by atoms with Crippen molar-refractivity contribution in [3.8, 4) is 0 Å². The lowest BCUT2D eigenvalue weighted by molar-refractivity contribution is 0.281. The normalized spacial score (nSPS) is 20.8. The molecule has 2 aromatic rings. The molecule has 5 heteroatoms. The molecule has 124 valence electrons. The largest absolute Gasteiger partial charge is 0.392 e. The number of hydrogen-bond donors (Lipinski definition) is 1. The molecule has 0 spiro atoms. The summed E-state index contributed by atoms with van der Waals surface area (Å²) in [5.41, 5.74) is 1.78. The van der Waals surface area contributed by atoms with E-state index in [4.69, 9.17) is 4.98 Å². The van der Waals surface area contributed by atoms with E-state index in [0.29, 0.717) is 5.75 Å². The molecule has 0 saturated carbocycles. The van der Waals surface area contributed by atoms with Gasteiger partial charge in [0.25, 0.3) is 0 Å². The summed E-state index contributed by atoms with van der Waals surface area (Å²) < 4.78 is 12.4. The SMILES string of the molecule is CCC1(CC)CN(c2nc3ccccc3cc2CO)CCS1=O. The smallest absolute Gasteiger partial charge is 0.134 e. The van der Waals surface area contributed by atoms with E-state index in [1.165, 1.54) is 0 Å². The van der Waals surface area contributed by atoms with Crippen LogP contribution in [0.2, 0.25) is 0 Å². The molecule has 1 aliphatic heterocycles. The molecular formula is C18H24N2O2S. The zero-order chi connectivity index (χ0) is 16.4. The molecular weight excluding hydrogens is 308 g/mol. The highest BCUT2D eigenvalue weighted by Crippen LogP contribution is 2.33. The minimum Gasteiger partial charge on any atom is -0.392 e. The second kappa shape index (κ2) is 6.57. The van der Waals surface area contributed by atoms with Crippen molar-refractivity contribution < 1.29 is 9.32 Å². The molecule has 4 nitrogen and oxygen atoms in total. The fourth-order valence-corrected chi connectivity index (χ4v) is 5.19. The van der Waals surface area contributed by atoms with E-state index in [1.54, 1.807) is 0 Å². The van der Waals surface area contributed by atoms with Gasteiger partial charge in [0.05, 0.1) is 16.9 Å². The molecule has 0 bridgehead atoms. The van der Waals surface area contributed by atoms with E-state index >= 15 is 0 Å². The highest BCUT2D eigenvalue weighted by molar-refractivity contribution is 7.86. The summed E-state index contributed by atoms with van der Waals surface area (Å²) in [5, 5.41) is 10.8. The maximum atomic E-state index is 12.5. The van der Waals surface area contributed by atoms with Crippen LogP contribution in [0.3, 0.4) is 0 Å². The summed E-state index contributed by atoms with van der Waals surface area (Å²) in [7, 11) is -0.799. The number of aliphatic hydroxyl groups excluding tert-OH is 1. The van der Waals surface area contributed by atoms with E-state index in [1.807, 2.05) is 30.3 Å². The molecule has 1 aromatic heterocycles. The lowest BCUT2D eigenvalue weighted by atomic mass is 10.0. The summed E-state index contributed by atoms with van der Waals surface area (Å²) >= 11 is 0. The van der Waals surface area contributed by atoms with Crippen LogP contribution in [0.5, 0.6) is 0 Å². The van der Waals surface area contributed by atoms with Gasteiger partial charge in [-0.3, -0.25) is 4.21 Å². The van der Waals surface area contributed by atoms with E-state index in [2.05, 4.69) is 18.7 Å². The van der Waals surface area contributed by atoms with Gasteiger partial charge in [0.1, 0.15) is 5.82 Å². The number of pyridine rings is 1. The first-order valence-corrected chi connectivity index (χ1v) is 9.58. The van der Waals surface area contributed by atoms with Gasteiger partial charge in [-0.15, -0.1) is 0 Å². The Morgan fingerprint density at radius 1 is 1.30 bits per heavy atom. The molecule has 0 amide bonds. The second-order valence-electron chi connectivity index (χ2n) is 6.18. The third-order valence-corrected chi connectivity index (χ3v) is 7.27. The monoisotopic (exact) mass is 332 g/mol. The molecule has 0 radical (unpaired) electrons. The maximum Gasteiger partial charge on any atom is 0.134 e. The van der Waals surface area contributed by atoms with Gasteiger partial charge in [-0.05, 0) is 25.0 Å². The number of hydrogen-bond acceptors (Lipinski definition) is 4. The number of rotatable bonds is 4. The van der Waals surface area contributed by atoms with Crippen molar-refractivity contribution in [1.29, 1.82) is 0 Å². The van der Waals surface area contributed by atoms with Gasteiger partial charge in [0.15, 0.2) is 0 Å². The number of nitrogens with zero attached hydrogens (tertiary/aromatic N) is 2. The molecule has 1 atom stereocenters. The molecule has 1 unspecified atom stereocenters. The van der Waals surface area contributed by atoms with Gasteiger partial charge in [0.2, 0.25) is 0 Å². The molecule has 1 aromatic carbocycles. The number of fused-ring (bicyclic) bond motifs is 1. The summed E-state index contributed by atoms with van der Waals surface area (Å²) in [6.45, 7) is 5.67. The van der Waals surface area contributed by atoms with Crippen molar-refractivity contribution >= 4 is 27.5 Å². The molecule has 0 aliphatic carbocycles. The van der Waals surface area contributed by atoms with Crippen LogP contribution in [-0.2, 0) is 17.4 Å². The zero-order valence-corrected chi connectivity index (χ0v) is 14.6. The fraction of sp³-hybridized carbons (Fsp3) is 0.500. The van der Waals surface area contributed by atoms with Gasteiger partial charge in [-0.2, -0.15) is 0 Å². The van der Waals surface area contributed by atoms with Crippen LogP contribution in [-0.4, -0.2) is 37.9 Å². The summed E-state index contributed by atoms with van der Waals surface area (Å²) in [4.78, 5) is 7.01. The molecule has 1 saturated heterocycles. The standard InChI is InChI=1S/C18H24N2O2S/c1-3-18(4-2)13-20(9-10-23(18)22)17-15(12-21)11-14-7-5-6-8-16(14)19-17/h5-8,11,21H,3-4,9-10,12-13H2,1-2H3. The topological polar surface area (TPSA) is 53.4 Å². The Kier molecular flexibility index (Phi) is 4.69. The van der Waals surface area contributed by atoms with Crippen LogP contribution in [0.15, 0.2) is 30.3 Å². The third-order valence-electron chi connectivity index (χ3n) is 5.05. The van der Waals surface area contributed by atoms with Crippen molar-refractivity contribution in [1.82, 2.24) is 4.98 Å². The predicted octanol–water partition coefficient (Wildman–Crippen LogP) is 2.85. The van der Waals surface area contributed by atoms with Crippen LogP contribution >= 0.6 is 0 Å². The van der Waals surface area contributed by atoms with Crippen molar-refractivity contribution in [3.63, 3.8) is 0 Å². The molecule has 1 aliphatic rings. The third kappa shape index (κ3) is 2.88. The lowest BCUT2D eigenvalue weighted by Gasteiger charge is -2.42. The summed E-state index contributed by atoms with van der Waals surface area (Å²) in [6, 6.07) is 9.98. The predicted molar refractivity (Wildman–Crippen MR) is 96.2 cm³/mol. The Morgan fingerprint density at radius 3 is 2.74 bits per heavy atom. The molecule has 1 N–H and O–H groups in total. The van der Waals surface area contributed by atoms with Gasteiger partial charge in [-0.25, -0.2) is 4.98 Å². The number of benzene rings is 1. The Labute approximate surface area is 140 Å². The van der Waals surface area contributed by atoms with Crippen LogP contribution in [0.4, 0.5) is 5.82 Å². The first-order valence-electron chi connectivity index (χ1n) is 8.26. The molecule has 3 rings (SSSR count). The number of aromatic nitrogens is 1. The average Bonchev–Trinajstić information content (AvgIpc) is 2.61. The molecule has 1 fully saturated rings. The maximum absolute atomic E-state index is 12.5. The van der Waals surface area contributed by atoms with Crippen molar-refractivity contribution in [2.45, 2.75) is 38.0 Å². The van der Waals surface area contributed by atoms with Crippen molar-refractivity contribution in [3.05, 3.63) is 35.9 Å². The fourth-order valence-electron chi connectivity index (χ4n) is 3.42. The Hall–Kier alpha value is -1.46.